The highest BCUT2D eigenvalue weighted by Gasteiger charge is 2.29. The Balaban J connectivity index is 3.01. The fraction of sp³-hybridized carbons (Fsp3) is 0.333. The Hall–Kier alpha value is -1.64. The van der Waals surface area contributed by atoms with Crippen molar-refractivity contribution in [2.45, 2.75) is 18.9 Å². The molecule has 0 saturated carbocycles. The largest absolute Gasteiger partial charge is 0.320 e. The van der Waals surface area contributed by atoms with Crippen molar-refractivity contribution in [2.24, 2.45) is 5.73 Å². The number of nitrogens with zero attached hydrogens (tertiary/aromatic N) is 1. The van der Waals surface area contributed by atoms with Gasteiger partial charge in [-0.05, 0) is 18.9 Å². The van der Waals surface area contributed by atoms with Crippen LogP contribution >= 0.6 is 0 Å². The summed E-state index contributed by atoms with van der Waals surface area (Å²) in [5.41, 5.74) is 8.51. The maximum atomic E-state index is 6.71. The van der Waals surface area contributed by atoms with Crippen molar-refractivity contribution in [1.29, 1.82) is 0 Å². The number of hydrogen-bond acceptors (Lipinski definition) is 2. The summed E-state index contributed by atoms with van der Waals surface area (Å²) in [6.45, 7) is 16.0. The van der Waals surface area contributed by atoms with Crippen LogP contribution in [0.2, 0.25) is 0 Å². The molecule has 0 aromatic heterocycles. The second kappa shape index (κ2) is 7.83. The summed E-state index contributed by atoms with van der Waals surface area (Å²) in [7, 11) is 0. The molecule has 0 aliphatic rings. The van der Waals surface area contributed by atoms with Crippen LogP contribution < -0.4 is 5.73 Å². The van der Waals surface area contributed by atoms with Crippen LogP contribution in [0.15, 0.2) is 67.8 Å². The van der Waals surface area contributed by atoms with Crippen molar-refractivity contribution < 1.29 is 0 Å². The molecule has 2 N–H and O–H groups in total. The van der Waals surface area contributed by atoms with E-state index < -0.39 is 5.54 Å². The smallest absolute Gasteiger partial charge is 0.0576 e. The molecule has 0 aliphatic carbocycles. The Morgan fingerprint density at radius 2 is 1.75 bits per heavy atom. The lowest BCUT2D eigenvalue weighted by molar-refractivity contribution is 0.243. The maximum absolute atomic E-state index is 6.71. The summed E-state index contributed by atoms with van der Waals surface area (Å²) in [6.07, 6.45) is 4.56. The average Bonchev–Trinajstić information content (AvgIpc) is 2.39. The van der Waals surface area contributed by atoms with Gasteiger partial charge in [-0.25, -0.2) is 0 Å². The third kappa shape index (κ3) is 4.80. The fourth-order valence-corrected chi connectivity index (χ4v) is 2.53. The van der Waals surface area contributed by atoms with Gasteiger partial charge in [0.15, 0.2) is 0 Å². The Labute approximate surface area is 123 Å². The summed E-state index contributed by atoms with van der Waals surface area (Å²) in [4.78, 5) is 2.25. The van der Waals surface area contributed by atoms with Crippen LogP contribution in [-0.4, -0.2) is 24.5 Å². The fourth-order valence-electron chi connectivity index (χ4n) is 2.53. The summed E-state index contributed by atoms with van der Waals surface area (Å²) < 4.78 is 0. The molecule has 1 atom stereocenters. The van der Waals surface area contributed by atoms with Crippen LogP contribution in [0, 0.1) is 0 Å². The molecule has 0 heterocycles. The summed E-state index contributed by atoms with van der Waals surface area (Å²) in [5.74, 6) is 0. The minimum Gasteiger partial charge on any atom is -0.320 e. The van der Waals surface area contributed by atoms with E-state index in [1.54, 1.807) is 0 Å². The summed E-state index contributed by atoms with van der Waals surface area (Å²) in [5, 5.41) is 0. The minimum atomic E-state index is -0.431. The zero-order chi connectivity index (χ0) is 15.0. The Morgan fingerprint density at radius 3 is 2.20 bits per heavy atom. The Kier molecular flexibility index (Phi) is 6.43. The molecule has 1 unspecified atom stereocenters. The van der Waals surface area contributed by atoms with Gasteiger partial charge in [-0.15, -0.1) is 19.7 Å². The number of nitrogens with two attached hydrogens (primary N) is 1. The highest BCUT2D eigenvalue weighted by atomic mass is 15.1. The monoisotopic (exact) mass is 270 g/mol. The molecule has 1 aromatic rings. The molecule has 0 saturated heterocycles. The Bertz CT molecular complexity index is 440. The third-order valence-corrected chi connectivity index (χ3v) is 3.25. The summed E-state index contributed by atoms with van der Waals surface area (Å²) in [6, 6.07) is 10.2. The predicted molar refractivity (Wildman–Crippen MR) is 88.6 cm³/mol. The highest BCUT2D eigenvalue weighted by molar-refractivity contribution is 5.26. The first kappa shape index (κ1) is 16.4. The van der Waals surface area contributed by atoms with Crippen molar-refractivity contribution in [3.63, 3.8) is 0 Å². The zero-order valence-electron chi connectivity index (χ0n) is 12.5. The van der Waals surface area contributed by atoms with Gasteiger partial charge in [0.05, 0.1) is 5.54 Å². The van der Waals surface area contributed by atoms with Gasteiger partial charge < -0.3 is 5.73 Å². The number of hydrogen-bond donors (Lipinski definition) is 1. The topological polar surface area (TPSA) is 29.3 Å². The van der Waals surface area contributed by atoms with E-state index in [9.17, 15) is 0 Å². The lowest BCUT2D eigenvalue weighted by atomic mass is 9.84. The molecule has 1 aromatic carbocycles. The molecule has 0 fully saturated rings. The molecule has 2 heteroatoms. The van der Waals surface area contributed by atoms with Gasteiger partial charge in [0.25, 0.3) is 0 Å². The van der Waals surface area contributed by atoms with Crippen LogP contribution in [0.1, 0.15) is 18.9 Å². The first-order valence-electron chi connectivity index (χ1n) is 6.95. The average molecular weight is 270 g/mol. The van der Waals surface area contributed by atoms with Crippen molar-refractivity contribution in [2.75, 3.05) is 19.6 Å². The molecule has 0 spiro atoms. The standard InChI is InChI=1S/C18H26N2/c1-5-12-20(13-6-2)15-18(19,14-16(3)4)17-10-8-7-9-11-17/h5-11H,1-3,12-15,19H2,4H3. The van der Waals surface area contributed by atoms with Gasteiger partial charge in [-0.3, -0.25) is 4.90 Å². The molecule has 20 heavy (non-hydrogen) atoms. The number of benzene rings is 1. The van der Waals surface area contributed by atoms with Gasteiger partial charge in [-0.1, -0.05) is 48.1 Å². The van der Waals surface area contributed by atoms with Crippen LogP contribution in [0.5, 0.6) is 0 Å². The molecule has 2 nitrogen and oxygen atoms in total. The van der Waals surface area contributed by atoms with E-state index in [0.29, 0.717) is 0 Å². The van der Waals surface area contributed by atoms with Crippen LogP contribution in [0.4, 0.5) is 0 Å². The van der Waals surface area contributed by atoms with E-state index in [4.69, 9.17) is 5.73 Å². The van der Waals surface area contributed by atoms with Gasteiger partial charge in [0, 0.05) is 19.6 Å². The molecular formula is C18H26N2. The van der Waals surface area contributed by atoms with Crippen molar-refractivity contribution in [3.05, 3.63) is 73.4 Å². The molecule has 0 amide bonds. The normalized spacial score (nSPS) is 13.8. The predicted octanol–water partition coefficient (Wildman–Crippen LogP) is 3.48. The second-order valence-corrected chi connectivity index (χ2v) is 5.43. The minimum absolute atomic E-state index is 0.431. The molecular weight excluding hydrogens is 244 g/mol. The second-order valence-electron chi connectivity index (χ2n) is 5.43. The SMILES string of the molecule is C=CCN(CC=C)CC(N)(CC(=C)C)c1ccccc1. The number of rotatable bonds is 9. The summed E-state index contributed by atoms with van der Waals surface area (Å²) >= 11 is 0. The van der Waals surface area contributed by atoms with Crippen LogP contribution in [0.25, 0.3) is 0 Å². The van der Waals surface area contributed by atoms with Gasteiger partial charge in [-0.2, -0.15) is 0 Å². The molecule has 0 bridgehead atoms. The van der Waals surface area contributed by atoms with Crippen LogP contribution in [-0.2, 0) is 5.54 Å². The van der Waals surface area contributed by atoms with Crippen molar-refractivity contribution >= 4 is 0 Å². The van der Waals surface area contributed by atoms with E-state index in [2.05, 4.69) is 36.8 Å². The first-order chi connectivity index (χ1) is 9.51. The Morgan fingerprint density at radius 1 is 1.20 bits per heavy atom. The van der Waals surface area contributed by atoms with E-state index in [-0.39, 0.29) is 0 Å². The maximum Gasteiger partial charge on any atom is 0.0576 e. The van der Waals surface area contributed by atoms with Gasteiger partial charge in [0.1, 0.15) is 0 Å². The molecule has 0 radical (unpaired) electrons. The van der Waals surface area contributed by atoms with Crippen molar-refractivity contribution in [3.8, 4) is 0 Å². The molecule has 0 aliphatic heterocycles. The third-order valence-electron chi connectivity index (χ3n) is 3.25. The molecule has 1 rings (SSSR count). The van der Waals surface area contributed by atoms with E-state index in [1.807, 2.05) is 37.3 Å². The lowest BCUT2D eigenvalue weighted by Gasteiger charge is -2.35. The zero-order valence-corrected chi connectivity index (χ0v) is 12.5. The molecule has 108 valence electrons. The quantitative estimate of drug-likeness (QED) is 0.696. The highest BCUT2D eigenvalue weighted by Crippen LogP contribution is 2.26. The van der Waals surface area contributed by atoms with Crippen molar-refractivity contribution in [1.82, 2.24) is 4.90 Å². The van der Waals surface area contributed by atoms with E-state index in [0.717, 1.165) is 37.2 Å². The first-order valence-corrected chi connectivity index (χ1v) is 6.95. The van der Waals surface area contributed by atoms with E-state index >= 15 is 0 Å². The van der Waals surface area contributed by atoms with E-state index in [1.165, 1.54) is 0 Å². The van der Waals surface area contributed by atoms with Crippen LogP contribution in [0.3, 0.4) is 0 Å². The lowest BCUT2D eigenvalue weighted by Crippen LogP contribution is -2.48. The van der Waals surface area contributed by atoms with Gasteiger partial charge >= 0.3 is 0 Å². The van der Waals surface area contributed by atoms with Gasteiger partial charge in [0.2, 0.25) is 0 Å².